The summed E-state index contributed by atoms with van der Waals surface area (Å²) < 4.78 is 17.7. The van der Waals surface area contributed by atoms with E-state index in [1.165, 1.54) is 0 Å². The van der Waals surface area contributed by atoms with Gasteiger partial charge in [-0.05, 0) is 31.2 Å². The molecule has 0 N–H and O–H groups in total. The maximum atomic E-state index is 13.2. The molecule has 3 aromatic rings. The standard InChI is InChI=1S/C24H29N3O5/c1-18(26(13-15-30-2)22(28)17-32-19-9-5-4-6-10-19)23-25-21-12-8-7-11-20(21)24(29)27(23)14-16-31-3/h4-12,18H,13-17H2,1-3H3. The summed E-state index contributed by atoms with van der Waals surface area (Å²) in [6.07, 6.45) is 0. The van der Waals surface area contributed by atoms with E-state index in [1.807, 2.05) is 37.3 Å². The first kappa shape index (κ1) is 23.4. The highest BCUT2D eigenvalue weighted by Gasteiger charge is 2.26. The lowest BCUT2D eigenvalue weighted by Gasteiger charge is -2.30. The molecular weight excluding hydrogens is 410 g/mol. The number of hydrogen-bond donors (Lipinski definition) is 0. The summed E-state index contributed by atoms with van der Waals surface area (Å²) in [6.45, 7) is 3.09. The number of nitrogens with zero attached hydrogens (tertiary/aromatic N) is 3. The minimum absolute atomic E-state index is 0.131. The van der Waals surface area contributed by atoms with Crippen molar-refractivity contribution in [2.75, 3.05) is 40.6 Å². The van der Waals surface area contributed by atoms with Crippen LogP contribution in [-0.2, 0) is 20.8 Å². The highest BCUT2D eigenvalue weighted by Crippen LogP contribution is 2.21. The average Bonchev–Trinajstić information content (AvgIpc) is 2.82. The van der Waals surface area contributed by atoms with Gasteiger partial charge in [-0.2, -0.15) is 0 Å². The third-order valence-corrected chi connectivity index (χ3v) is 5.21. The third-order valence-electron chi connectivity index (χ3n) is 5.21. The summed E-state index contributed by atoms with van der Waals surface area (Å²) >= 11 is 0. The van der Waals surface area contributed by atoms with Crippen molar-refractivity contribution in [1.82, 2.24) is 14.5 Å². The van der Waals surface area contributed by atoms with Gasteiger partial charge in [0.05, 0.1) is 36.7 Å². The van der Waals surface area contributed by atoms with E-state index in [-0.39, 0.29) is 18.1 Å². The molecule has 8 heteroatoms. The molecule has 0 aliphatic carbocycles. The largest absolute Gasteiger partial charge is 0.484 e. The van der Waals surface area contributed by atoms with Crippen molar-refractivity contribution in [3.8, 4) is 5.75 Å². The molecule has 0 saturated heterocycles. The van der Waals surface area contributed by atoms with Crippen molar-refractivity contribution in [1.29, 1.82) is 0 Å². The topological polar surface area (TPSA) is 82.9 Å². The Bertz CT molecular complexity index is 1080. The number of carbonyl (C=O) groups is 1. The summed E-state index contributed by atoms with van der Waals surface area (Å²) in [5, 5.41) is 0.529. The molecule has 2 aromatic carbocycles. The van der Waals surface area contributed by atoms with E-state index >= 15 is 0 Å². The zero-order valence-electron chi connectivity index (χ0n) is 18.7. The van der Waals surface area contributed by atoms with Crippen LogP contribution in [0.4, 0.5) is 0 Å². The smallest absolute Gasteiger partial charge is 0.261 e. The number of rotatable bonds is 11. The lowest BCUT2D eigenvalue weighted by atomic mass is 10.2. The van der Waals surface area contributed by atoms with Gasteiger partial charge in [-0.3, -0.25) is 14.2 Å². The highest BCUT2D eigenvalue weighted by atomic mass is 16.5. The summed E-state index contributed by atoms with van der Waals surface area (Å²) in [5.74, 6) is 0.884. The van der Waals surface area contributed by atoms with Crippen molar-refractivity contribution in [3.05, 3.63) is 70.8 Å². The molecule has 1 aromatic heterocycles. The van der Waals surface area contributed by atoms with Gasteiger partial charge in [0.15, 0.2) is 6.61 Å². The van der Waals surface area contributed by atoms with Crippen LogP contribution in [0.1, 0.15) is 18.8 Å². The fourth-order valence-electron chi connectivity index (χ4n) is 3.51. The van der Waals surface area contributed by atoms with Gasteiger partial charge in [0.25, 0.3) is 11.5 Å². The van der Waals surface area contributed by atoms with E-state index in [0.717, 1.165) is 0 Å². The Labute approximate surface area is 187 Å². The van der Waals surface area contributed by atoms with Gasteiger partial charge in [-0.25, -0.2) is 4.98 Å². The van der Waals surface area contributed by atoms with Crippen LogP contribution in [-0.4, -0.2) is 60.9 Å². The van der Waals surface area contributed by atoms with E-state index < -0.39 is 6.04 Å². The van der Waals surface area contributed by atoms with Crippen LogP contribution in [0, 0.1) is 0 Å². The summed E-state index contributed by atoms with van der Waals surface area (Å²) in [6, 6.07) is 15.9. The van der Waals surface area contributed by atoms with Gasteiger partial charge in [0.2, 0.25) is 0 Å². The van der Waals surface area contributed by atoms with Crippen molar-refractivity contribution < 1.29 is 19.0 Å². The Kier molecular flexibility index (Phi) is 8.35. The van der Waals surface area contributed by atoms with Crippen molar-refractivity contribution in [2.45, 2.75) is 19.5 Å². The molecule has 3 rings (SSSR count). The molecule has 0 fully saturated rings. The van der Waals surface area contributed by atoms with Crippen LogP contribution in [0.15, 0.2) is 59.4 Å². The predicted octanol–water partition coefficient (Wildman–Crippen LogP) is 2.66. The molecule has 0 aliphatic rings. The van der Waals surface area contributed by atoms with Gasteiger partial charge < -0.3 is 19.1 Å². The number of para-hydroxylation sites is 2. The molecule has 0 saturated carbocycles. The zero-order valence-corrected chi connectivity index (χ0v) is 18.7. The lowest BCUT2D eigenvalue weighted by Crippen LogP contribution is -2.42. The maximum absolute atomic E-state index is 13.2. The van der Waals surface area contributed by atoms with Crippen LogP contribution >= 0.6 is 0 Å². The van der Waals surface area contributed by atoms with E-state index in [1.54, 1.807) is 48.0 Å². The van der Waals surface area contributed by atoms with Crippen LogP contribution in [0.3, 0.4) is 0 Å². The van der Waals surface area contributed by atoms with Crippen LogP contribution in [0.2, 0.25) is 0 Å². The first-order valence-corrected chi connectivity index (χ1v) is 10.5. The predicted molar refractivity (Wildman–Crippen MR) is 122 cm³/mol. The van der Waals surface area contributed by atoms with Crippen molar-refractivity contribution >= 4 is 16.8 Å². The number of aromatic nitrogens is 2. The molecule has 1 atom stereocenters. The lowest BCUT2D eigenvalue weighted by molar-refractivity contribution is -0.136. The molecule has 0 bridgehead atoms. The second-order valence-corrected chi connectivity index (χ2v) is 7.29. The number of ether oxygens (including phenoxy) is 3. The van der Waals surface area contributed by atoms with Gasteiger partial charge in [0, 0.05) is 20.8 Å². The Hall–Kier alpha value is -3.23. The Balaban J connectivity index is 1.94. The number of methoxy groups -OCH3 is 2. The molecule has 0 aliphatic heterocycles. The zero-order chi connectivity index (χ0) is 22.9. The molecule has 1 heterocycles. The normalized spacial score (nSPS) is 12.0. The summed E-state index contributed by atoms with van der Waals surface area (Å²) in [4.78, 5) is 32.7. The molecule has 32 heavy (non-hydrogen) atoms. The van der Waals surface area contributed by atoms with Gasteiger partial charge in [0.1, 0.15) is 11.6 Å². The molecule has 1 amide bonds. The number of hydrogen-bond acceptors (Lipinski definition) is 6. The quantitative estimate of drug-likeness (QED) is 0.457. The third kappa shape index (κ3) is 5.52. The number of carbonyl (C=O) groups excluding carboxylic acids is 1. The van der Waals surface area contributed by atoms with Crippen LogP contribution in [0.5, 0.6) is 5.75 Å². The molecular formula is C24H29N3O5. The molecule has 0 spiro atoms. The summed E-state index contributed by atoms with van der Waals surface area (Å²) in [7, 11) is 3.16. The monoisotopic (exact) mass is 439 g/mol. The van der Waals surface area contributed by atoms with Crippen LogP contribution in [0.25, 0.3) is 10.9 Å². The fourth-order valence-corrected chi connectivity index (χ4v) is 3.51. The van der Waals surface area contributed by atoms with E-state index in [0.29, 0.717) is 48.8 Å². The Morgan fingerprint density at radius 1 is 1.03 bits per heavy atom. The molecule has 0 radical (unpaired) electrons. The van der Waals surface area contributed by atoms with Crippen molar-refractivity contribution in [2.24, 2.45) is 0 Å². The van der Waals surface area contributed by atoms with E-state index in [2.05, 4.69) is 0 Å². The Morgan fingerprint density at radius 2 is 1.72 bits per heavy atom. The SMILES string of the molecule is COCCN(C(=O)COc1ccccc1)C(C)c1nc2ccccc2c(=O)n1CCOC. The maximum Gasteiger partial charge on any atom is 0.261 e. The summed E-state index contributed by atoms with van der Waals surface area (Å²) in [5.41, 5.74) is 0.432. The van der Waals surface area contributed by atoms with Gasteiger partial charge in [-0.15, -0.1) is 0 Å². The Morgan fingerprint density at radius 3 is 2.44 bits per heavy atom. The number of benzene rings is 2. The minimum atomic E-state index is -0.480. The highest BCUT2D eigenvalue weighted by molar-refractivity contribution is 5.79. The second kappa shape index (κ2) is 11.4. The van der Waals surface area contributed by atoms with Gasteiger partial charge in [-0.1, -0.05) is 30.3 Å². The number of fused-ring (bicyclic) bond motifs is 1. The molecule has 8 nitrogen and oxygen atoms in total. The van der Waals surface area contributed by atoms with Gasteiger partial charge >= 0.3 is 0 Å². The van der Waals surface area contributed by atoms with E-state index in [4.69, 9.17) is 19.2 Å². The average molecular weight is 440 g/mol. The first-order valence-electron chi connectivity index (χ1n) is 10.5. The molecule has 170 valence electrons. The van der Waals surface area contributed by atoms with E-state index in [9.17, 15) is 9.59 Å². The second-order valence-electron chi connectivity index (χ2n) is 7.29. The van der Waals surface area contributed by atoms with Crippen LogP contribution < -0.4 is 10.3 Å². The minimum Gasteiger partial charge on any atom is -0.484 e. The number of amides is 1. The molecule has 1 unspecified atom stereocenters. The fraction of sp³-hybridized carbons (Fsp3) is 0.375. The first-order chi connectivity index (χ1) is 15.6. The van der Waals surface area contributed by atoms with Crippen molar-refractivity contribution in [3.63, 3.8) is 0 Å².